The van der Waals surface area contributed by atoms with Gasteiger partial charge in [0.15, 0.2) is 0 Å². The Kier molecular flexibility index (Phi) is 9.14. The maximum Gasteiger partial charge on any atom is 1.00 e. The van der Waals surface area contributed by atoms with Gasteiger partial charge in [0.1, 0.15) is 0 Å². The number of aryl methyl sites for hydroxylation is 1. The van der Waals surface area contributed by atoms with Crippen LogP contribution in [0.5, 0.6) is 0 Å². The van der Waals surface area contributed by atoms with Gasteiger partial charge < -0.3 is 0 Å². The van der Waals surface area contributed by atoms with E-state index in [2.05, 4.69) is 68.4 Å². The molecule has 0 aromatic heterocycles. The predicted octanol–water partition coefficient (Wildman–Crippen LogP) is 3.19. The molecule has 0 saturated carbocycles. The minimum atomic E-state index is 0. The summed E-state index contributed by atoms with van der Waals surface area (Å²) in [5.74, 6) is 1.49. The van der Waals surface area contributed by atoms with Crippen molar-refractivity contribution in [3.8, 4) is 0 Å². The minimum Gasteiger partial charge on any atom is -0.120 e. The molecule has 112 valence electrons. The van der Waals surface area contributed by atoms with Gasteiger partial charge in [0.2, 0.25) is 0 Å². The third kappa shape index (κ3) is 5.60. The molecule has 0 unspecified atom stereocenters. The van der Waals surface area contributed by atoms with E-state index in [-0.39, 0.29) is 18.9 Å². The van der Waals surface area contributed by atoms with Gasteiger partial charge in [-0.25, -0.2) is 0 Å². The summed E-state index contributed by atoms with van der Waals surface area (Å²) in [4.78, 5) is 0. The van der Waals surface area contributed by atoms with Gasteiger partial charge in [-0.3, -0.25) is 0 Å². The Labute approximate surface area is 148 Å². The molecule has 22 heavy (non-hydrogen) atoms. The molecule has 0 aliphatic heterocycles. The summed E-state index contributed by atoms with van der Waals surface area (Å²) in [5.41, 5.74) is 4.20. The van der Waals surface area contributed by atoms with Gasteiger partial charge in [-0.05, 0) is 6.42 Å². The van der Waals surface area contributed by atoms with Crippen molar-refractivity contribution < 1.29 is 18.9 Å². The van der Waals surface area contributed by atoms with E-state index in [4.69, 9.17) is 0 Å². The first kappa shape index (κ1) is 19.0. The Hall–Kier alpha value is -1.09. The van der Waals surface area contributed by atoms with Crippen molar-refractivity contribution in [3.63, 3.8) is 0 Å². The van der Waals surface area contributed by atoms with Crippen LogP contribution in [-0.4, -0.2) is 0 Å². The Morgan fingerprint density at radius 2 is 1.36 bits per heavy atom. The Morgan fingerprint density at radius 1 is 0.727 bits per heavy atom. The third-order valence-electron chi connectivity index (χ3n) is 3.99. The number of hydrogen-bond donors (Lipinski definition) is 0. The van der Waals surface area contributed by atoms with Crippen LogP contribution in [0.4, 0.5) is 0 Å². The molecule has 0 heterocycles. The summed E-state index contributed by atoms with van der Waals surface area (Å²) in [6.07, 6.45) is 7.42. The Balaban J connectivity index is 0.00000242. The molecule has 2 rings (SSSR count). The van der Waals surface area contributed by atoms with Crippen LogP contribution >= 0.6 is 0 Å². The van der Waals surface area contributed by atoms with Gasteiger partial charge in [0.05, 0.1) is 0 Å². The zero-order chi connectivity index (χ0) is 14.9. The molecule has 0 saturated heterocycles. The fourth-order valence-electron chi connectivity index (χ4n) is 2.81. The first-order valence-electron chi connectivity index (χ1n) is 8.35. The van der Waals surface area contributed by atoms with Gasteiger partial charge in [-0.1, -0.05) is 81.8 Å². The summed E-state index contributed by atoms with van der Waals surface area (Å²) >= 11 is 0. The van der Waals surface area contributed by atoms with E-state index in [0.717, 1.165) is 0 Å². The van der Waals surface area contributed by atoms with Crippen LogP contribution in [0.3, 0.4) is 0 Å². The average Bonchev–Trinajstić information content (AvgIpc) is 2.54. The second-order valence-corrected chi connectivity index (χ2v) is 5.75. The largest absolute Gasteiger partial charge is 1.00 e. The van der Waals surface area contributed by atoms with E-state index in [1.807, 2.05) is 0 Å². The first-order valence-corrected chi connectivity index (χ1v) is 8.35. The maximum absolute atomic E-state index is 2.30. The van der Waals surface area contributed by atoms with E-state index in [0.29, 0.717) is 0 Å². The van der Waals surface area contributed by atoms with E-state index in [9.17, 15) is 0 Å². The molecule has 2 aromatic rings. The first-order chi connectivity index (χ1) is 10.3. The van der Waals surface area contributed by atoms with E-state index < -0.39 is 0 Å². The predicted molar refractivity (Wildman–Crippen MR) is 92.5 cm³/mol. The van der Waals surface area contributed by atoms with E-state index in [1.165, 1.54) is 61.1 Å². The maximum atomic E-state index is 2.30. The van der Waals surface area contributed by atoms with Gasteiger partial charge in [0, 0.05) is 0 Å². The van der Waals surface area contributed by atoms with Crippen molar-refractivity contribution in [3.05, 3.63) is 77.2 Å². The van der Waals surface area contributed by atoms with Crippen LogP contribution in [0.2, 0.25) is 0 Å². The minimum absolute atomic E-state index is 0. The summed E-state index contributed by atoms with van der Waals surface area (Å²) in [5, 5.41) is 0. The molecule has 0 radical (unpaired) electrons. The van der Waals surface area contributed by atoms with E-state index in [1.54, 1.807) is 0 Å². The third-order valence-corrected chi connectivity index (χ3v) is 3.99. The molecular formula is C21H27Li. The summed E-state index contributed by atoms with van der Waals surface area (Å²) in [6.45, 7) is 4.50. The monoisotopic (exact) mass is 286 g/mol. The fourth-order valence-corrected chi connectivity index (χ4v) is 2.81. The Bertz CT molecular complexity index is 501. The number of benzene rings is 2. The molecule has 0 bridgehead atoms. The van der Waals surface area contributed by atoms with Gasteiger partial charge in [-0.15, -0.1) is 41.3 Å². The van der Waals surface area contributed by atoms with Crippen LogP contribution < -0.4 is 18.9 Å². The summed E-state index contributed by atoms with van der Waals surface area (Å²) < 4.78 is 0. The normalized spacial score (nSPS) is 10.1. The van der Waals surface area contributed by atoms with Crippen LogP contribution in [0.25, 0.3) is 0 Å². The zero-order valence-electron chi connectivity index (χ0n) is 14.4. The van der Waals surface area contributed by atoms with Gasteiger partial charge in [0.25, 0.3) is 0 Å². The van der Waals surface area contributed by atoms with Crippen molar-refractivity contribution in [2.45, 2.75) is 52.4 Å². The Morgan fingerprint density at radius 3 is 1.95 bits per heavy atom. The molecule has 0 aliphatic carbocycles. The molecule has 0 nitrogen and oxygen atoms in total. The smallest absolute Gasteiger partial charge is 0.120 e. The van der Waals surface area contributed by atoms with Crippen molar-refractivity contribution in [2.24, 2.45) is 0 Å². The number of rotatable bonds is 8. The molecule has 0 atom stereocenters. The number of hydrogen-bond acceptors (Lipinski definition) is 0. The second kappa shape index (κ2) is 10.6. The molecule has 0 aliphatic rings. The van der Waals surface area contributed by atoms with Crippen LogP contribution in [-0.2, 0) is 6.42 Å². The molecular weight excluding hydrogens is 259 g/mol. The molecule has 0 fully saturated rings. The second-order valence-electron chi connectivity index (χ2n) is 5.75. The zero-order valence-corrected chi connectivity index (χ0v) is 14.4. The van der Waals surface area contributed by atoms with Gasteiger partial charge in [-0.2, -0.15) is 0 Å². The quantitative estimate of drug-likeness (QED) is 0.397. The summed E-state index contributed by atoms with van der Waals surface area (Å²) in [7, 11) is 0. The average molecular weight is 286 g/mol. The molecule has 0 N–H and O–H groups in total. The van der Waals surface area contributed by atoms with E-state index >= 15 is 0 Å². The van der Waals surface area contributed by atoms with Crippen LogP contribution in [0, 0.1) is 5.92 Å². The standard InChI is InChI=1S/C21H27.Li/c1-3-5-7-13-21(19-11-8-6-9-12-19)20-16-14-18(10-4-2)15-17-20;/h6,8-9,11-12,14-17H,3-5,7,10,13H2,1-2H3;/q-1;+1. The van der Waals surface area contributed by atoms with Crippen LogP contribution in [0.1, 0.15) is 62.6 Å². The van der Waals surface area contributed by atoms with Crippen molar-refractivity contribution in [1.82, 2.24) is 0 Å². The molecule has 0 amide bonds. The topological polar surface area (TPSA) is 0 Å². The molecule has 0 spiro atoms. The summed E-state index contributed by atoms with van der Waals surface area (Å²) in [6, 6.07) is 20.0. The fraction of sp³-hybridized carbons (Fsp3) is 0.381. The molecule has 1 heteroatoms. The SMILES string of the molecule is CCCCC[C-](c1ccccc1)c1ccc(CCC)cc1.[Li+]. The van der Waals surface area contributed by atoms with Crippen molar-refractivity contribution >= 4 is 0 Å². The number of unbranched alkanes of at least 4 members (excludes halogenated alkanes) is 2. The molecule has 2 aromatic carbocycles. The van der Waals surface area contributed by atoms with Crippen molar-refractivity contribution in [2.75, 3.05) is 0 Å². The van der Waals surface area contributed by atoms with Gasteiger partial charge >= 0.3 is 18.9 Å². The van der Waals surface area contributed by atoms with Crippen molar-refractivity contribution in [1.29, 1.82) is 0 Å². The van der Waals surface area contributed by atoms with Crippen LogP contribution in [0.15, 0.2) is 54.6 Å².